The minimum atomic E-state index is -2.78. The minimum Gasteiger partial charge on any atom is -0.261 e. The number of halogens is 3. The molecule has 1 aromatic carbocycles. The maximum Gasteiger partial charge on any atom is 0.263 e. The van der Waals surface area contributed by atoms with Crippen LogP contribution < -0.4 is 0 Å². The monoisotopic (exact) mass is 461 g/mol. The second-order valence-electron chi connectivity index (χ2n) is 7.83. The Morgan fingerprint density at radius 2 is 1.71 bits per heavy atom. The summed E-state index contributed by atoms with van der Waals surface area (Å²) in [5.41, 5.74) is 3.86. The van der Waals surface area contributed by atoms with Gasteiger partial charge in [0.1, 0.15) is 17.0 Å². The third kappa shape index (κ3) is 3.87. The van der Waals surface area contributed by atoms with Crippen LogP contribution in [0, 0.1) is 26.6 Å². The van der Waals surface area contributed by atoms with Crippen molar-refractivity contribution in [1.82, 2.24) is 34.7 Å². The fourth-order valence-electron chi connectivity index (χ4n) is 3.54. The number of hydrogen-bond acceptors (Lipinski definition) is 6. The largest absolute Gasteiger partial charge is 0.263 e. The molecule has 0 fully saturated rings. The lowest BCUT2D eigenvalue weighted by Crippen LogP contribution is -2.03. The lowest BCUT2D eigenvalue weighted by Gasteiger charge is -2.11. The first-order chi connectivity index (χ1) is 16.3. The standard InChI is InChI=1S/C24H18F3N7/c1-12-8-17(6-7-28-12)34-11-16(10-29-34)23-32-20(18-5-4-15(22(26)27)9-19(18)25)21-24(33-23)31-14(3)13(2)30-21/h4-11,22H,1-3H3. The van der Waals surface area contributed by atoms with Gasteiger partial charge in [0.25, 0.3) is 6.43 Å². The van der Waals surface area contributed by atoms with Crippen LogP contribution in [-0.4, -0.2) is 34.7 Å². The summed E-state index contributed by atoms with van der Waals surface area (Å²) in [5.74, 6) is -0.568. The van der Waals surface area contributed by atoms with Gasteiger partial charge in [0.2, 0.25) is 0 Å². The predicted octanol–water partition coefficient (Wildman–Crippen LogP) is 5.34. The summed E-state index contributed by atoms with van der Waals surface area (Å²) < 4.78 is 42.7. The highest BCUT2D eigenvalue weighted by atomic mass is 19.3. The number of aryl methyl sites for hydroxylation is 3. The molecule has 0 N–H and O–H groups in total. The van der Waals surface area contributed by atoms with Gasteiger partial charge in [-0.05, 0) is 45.0 Å². The summed E-state index contributed by atoms with van der Waals surface area (Å²) in [6.07, 6.45) is 2.23. The second kappa shape index (κ2) is 8.29. The van der Waals surface area contributed by atoms with Crippen LogP contribution >= 0.6 is 0 Å². The molecule has 0 saturated carbocycles. The van der Waals surface area contributed by atoms with E-state index in [1.807, 2.05) is 19.1 Å². The van der Waals surface area contributed by atoms with Gasteiger partial charge in [-0.1, -0.05) is 6.07 Å². The molecule has 0 saturated heterocycles. The molecule has 4 heterocycles. The van der Waals surface area contributed by atoms with E-state index in [2.05, 4.69) is 30.0 Å². The second-order valence-corrected chi connectivity index (χ2v) is 7.83. The number of fused-ring (bicyclic) bond motifs is 1. The predicted molar refractivity (Wildman–Crippen MR) is 120 cm³/mol. The molecule has 0 spiro atoms. The van der Waals surface area contributed by atoms with Crippen LogP contribution in [0.3, 0.4) is 0 Å². The Bertz CT molecular complexity index is 1550. The number of nitrogens with zero attached hydrogens (tertiary/aromatic N) is 7. The third-order valence-electron chi connectivity index (χ3n) is 5.43. The number of alkyl halides is 2. The van der Waals surface area contributed by atoms with E-state index in [0.717, 1.165) is 17.4 Å². The molecule has 0 radical (unpaired) electrons. The molecule has 0 bridgehead atoms. The van der Waals surface area contributed by atoms with E-state index in [1.165, 1.54) is 12.1 Å². The Hall–Kier alpha value is -4.21. The lowest BCUT2D eigenvalue weighted by molar-refractivity contribution is 0.151. The van der Waals surface area contributed by atoms with Gasteiger partial charge in [-0.3, -0.25) is 4.98 Å². The highest BCUT2D eigenvalue weighted by Crippen LogP contribution is 2.32. The van der Waals surface area contributed by atoms with E-state index in [-0.39, 0.29) is 28.2 Å². The van der Waals surface area contributed by atoms with Gasteiger partial charge in [0.15, 0.2) is 11.5 Å². The number of rotatable bonds is 4. The molecular formula is C24H18F3N7. The average molecular weight is 461 g/mol. The van der Waals surface area contributed by atoms with Crippen LogP contribution in [0.2, 0.25) is 0 Å². The maximum atomic E-state index is 14.9. The minimum absolute atomic E-state index is 0.0350. The van der Waals surface area contributed by atoms with Crippen molar-refractivity contribution in [2.24, 2.45) is 0 Å². The number of aromatic nitrogens is 7. The molecule has 0 unspecified atom stereocenters. The molecule has 5 aromatic rings. The zero-order chi connectivity index (χ0) is 24.0. The summed E-state index contributed by atoms with van der Waals surface area (Å²) in [7, 11) is 0. The summed E-state index contributed by atoms with van der Waals surface area (Å²) in [5, 5.41) is 4.38. The van der Waals surface area contributed by atoms with Gasteiger partial charge in [-0.25, -0.2) is 37.8 Å². The molecule has 0 aliphatic rings. The molecule has 7 nitrogen and oxygen atoms in total. The van der Waals surface area contributed by atoms with Crippen molar-refractivity contribution in [3.05, 3.63) is 77.4 Å². The first-order valence-corrected chi connectivity index (χ1v) is 10.4. The smallest absolute Gasteiger partial charge is 0.261 e. The Labute approximate surface area is 192 Å². The molecule has 0 aliphatic carbocycles. The van der Waals surface area contributed by atoms with E-state index in [0.29, 0.717) is 17.0 Å². The Morgan fingerprint density at radius 1 is 0.912 bits per heavy atom. The van der Waals surface area contributed by atoms with Crippen molar-refractivity contribution in [2.75, 3.05) is 0 Å². The molecule has 0 atom stereocenters. The van der Waals surface area contributed by atoms with E-state index in [1.54, 1.807) is 37.1 Å². The lowest BCUT2D eigenvalue weighted by atomic mass is 10.1. The number of pyridine rings is 1. The SMILES string of the molecule is Cc1cc(-n2cc(-c3nc(-c4ccc(C(F)F)cc4F)c4nc(C)c(C)nc4n3)cn2)ccn1. The van der Waals surface area contributed by atoms with Gasteiger partial charge in [-0.2, -0.15) is 5.10 Å². The molecule has 10 heteroatoms. The zero-order valence-electron chi connectivity index (χ0n) is 18.5. The van der Waals surface area contributed by atoms with Gasteiger partial charge in [0, 0.05) is 29.2 Å². The summed E-state index contributed by atoms with van der Waals surface area (Å²) in [4.78, 5) is 22.3. The van der Waals surface area contributed by atoms with Crippen molar-refractivity contribution in [2.45, 2.75) is 27.2 Å². The molecule has 170 valence electrons. The first kappa shape index (κ1) is 21.6. The fourth-order valence-corrected chi connectivity index (χ4v) is 3.54. The van der Waals surface area contributed by atoms with Gasteiger partial charge in [0.05, 0.1) is 28.8 Å². The molecule has 34 heavy (non-hydrogen) atoms. The number of benzene rings is 1. The van der Waals surface area contributed by atoms with Crippen LogP contribution in [0.4, 0.5) is 13.2 Å². The van der Waals surface area contributed by atoms with Crippen molar-refractivity contribution in [3.63, 3.8) is 0 Å². The average Bonchev–Trinajstić information content (AvgIpc) is 3.30. The Morgan fingerprint density at radius 3 is 2.44 bits per heavy atom. The van der Waals surface area contributed by atoms with Crippen LogP contribution in [0.1, 0.15) is 29.1 Å². The van der Waals surface area contributed by atoms with Gasteiger partial charge >= 0.3 is 0 Å². The third-order valence-corrected chi connectivity index (χ3v) is 5.43. The van der Waals surface area contributed by atoms with Crippen molar-refractivity contribution in [3.8, 4) is 28.3 Å². The highest BCUT2D eigenvalue weighted by molar-refractivity contribution is 5.88. The van der Waals surface area contributed by atoms with E-state index in [9.17, 15) is 13.2 Å². The first-order valence-electron chi connectivity index (χ1n) is 10.4. The molecular weight excluding hydrogens is 443 g/mol. The fraction of sp³-hybridized carbons (Fsp3) is 0.167. The summed E-state index contributed by atoms with van der Waals surface area (Å²) in [6.45, 7) is 5.45. The van der Waals surface area contributed by atoms with E-state index < -0.39 is 17.8 Å². The molecule has 4 aromatic heterocycles. The van der Waals surface area contributed by atoms with Crippen LogP contribution in [-0.2, 0) is 0 Å². The van der Waals surface area contributed by atoms with E-state index in [4.69, 9.17) is 0 Å². The quantitative estimate of drug-likeness (QED) is 0.360. The van der Waals surface area contributed by atoms with Crippen molar-refractivity contribution in [1.29, 1.82) is 0 Å². The van der Waals surface area contributed by atoms with Crippen molar-refractivity contribution < 1.29 is 13.2 Å². The molecule has 0 aliphatic heterocycles. The van der Waals surface area contributed by atoms with Crippen LogP contribution in [0.15, 0.2) is 48.9 Å². The zero-order valence-corrected chi connectivity index (χ0v) is 18.5. The maximum absolute atomic E-state index is 14.9. The summed E-state index contributed by atoms with van der Waals surface area (Å²) in [6, 6.07) is 6.96. The Kier molecular flexibility index (Phi) is 5.27. The Balaban J connectivity index is 1.70. The van der Waals surface area contributed by atoms with Crippen LogP contribution in [0.5, 0.6) is 0 Å². The summed E-state index contributed by atoms with van der Waals surface area (Å²) >= 11 is 0. The normalized spacial score (nSPS) is 11.5. The number of hydrogen-bond donors (Lipinski definition) is 0. The molecule has 0 amide bonds. The highest BCUT2D eigenvalue weighted by Gasteiger charge is 2.20. The van der Waals surface area contributed by atoms with Gasteiger partial charge in [-0.15, -0.1) is 0 Å². The van der Waals surface area contributed by atoms with Gasteiger partial charge < -0.3 is 0 Å². The van der Waals surface area contributed by atoms with E-state index >= 15 is 0 Å². The van der Waals surface area contributed by atoms with Crippen molar-refractivity contribution >= 4 is 11.2 Å². The molecule has 5 rings (SSSR count). The topological polar surface area (TPSA) is 82.3 Å². The van der Waals surface area contributed by atoms with Crippen LogP contribution in [0.25, 0.3) is 39.5 Å².